The highest BCUT2D eigenvalue weighted by molar-refractivity contribution is 8.04. The minimum Gasteiger partial charge on any atom is -0.507 e. The molecule has 0 bridgehead atoms. The molecule has 0 spiro atoms. The van der Waals surface area contributed by atoms with Crippen molar-refractivity contribution in [3.8, 4) is 5.75 Å². The van der Waals surface area contributed by atoms with Crippen molar-refractivity contribution in [2.75, 3.05) is 5.75 Å². The predicted molar refractivity (Wildman–Crippen MR) is 101 cm³/mol. The molecule has 2 rings (SSSR count). The fourth-order valence-electron chi connectivity index (χ4n) is 2.72. The van der Waals surface area contributed by atoms with Gasteiger partial charge in [-0.2, -0.15) is 0 Å². The van der Waals surface area contributed by atoms with Crippen LogP contribution in [0.2, 0.25) is 0 Å². The van der Waals surface area contributed by atoms with Crippen LogP contribution >= 0.6 is 11.8 Å². The first-order chi connectivity index (χ1) is 11.3. The van der Waals surface area contributed by atoms with Crippen LogP contribution in [-0.2, 0) is 15.6 Å². The molecular weight excluding hydrogens is 338 g/mol. The second-order valence-electron chi connectivity index (χ2n) is 8.25. The van der Waals surface area contributed by atoms with Crippen LogP contribution in [0, 0.1) is 0 Å². The van der Waals surface area contributed by atoms with E-state index in [9.17, 15) is 19.8 Å². The van der Waals surface area contributed by atoms with Crippen molar-refractivity contribution in [3.63, 3.8) is 0 Å². The number of hydrogen-bond donors (Lipinski definition) is 2. The minimum atomic E-state index is -1.27. The van der Waals surface area contributed by atoms with E-state index in [1.54, 1.807) is 6.08 Å². The summed E-state index contributed by atoms with van der Waals surface area (Å²) in [5.41, 5.74) is 1.81. The van der Waals surface area contributed by atoms with Gasteiger partial charge in [-0.1, -0.05) is 53.3 Å². The highest BCUT2D eigenvalue weighted by Crippen LogP contribution is 2.41. The number of carbonyl (C=O) groups is 2. The van der Waals surface area contributed by atoms with Crippen LogP contribution in [0.5, 0.6) is 5.75 Å². The van der Waals surface area contributed by atoms with Gasteiger partial charge in [0.25, 0.3) is 0 Å². The number of phenolic OH excluding ortho intramolecular Hbond substituents is 1. The smallest absolute Gasteiger partial charge is 0.419 e. The monoisotopic (exact) mass is 363 g/mol. The van der Waals surface area contributed by atoms with E-state index in [0.717, 1.165) is 21.6 Å². The summed E-state index contributed by atoms with van der Waals surface area (Å²) in [5, 5.41) is 20.4. The molecule has 0 saturated carbocycles. The molecule has 0 atom stereocenters. The number of thioether (sulfide) groups is 1. The number of nitrogens with zero attached hydrogens (tertiary/aromatic N) is 1. The SMILES string of the molecule is CC(C)(C)c1cc(C=C2SCC(=O)N2C(=O)O)cc(C(C)(C)C)c1O. The van der Waals surface area contributed by atoms with Crippen molar-refractivity contribution in [3.05, 3.63) is 33.9 Å². The Balaban J connectivity index is 2.64. The molecule has 1 aromatic carbocycles. The van der Waals surface area contributed by atoms with Crippen LogP contribution in [0.1, 0.15) is 58.2 Å². The highest BCUT2D eigenvalue weighted by atomic mass is 32.2. The number of aromatic hydroxyl groups is 1. The topological polar surface area (TPSA) is 77.8 Å². The maximum absolute atomic E-state index is 11.8. The Morgan fingerprint density at radius 1 is 1.12 bits per heavy atom. The first-order valence-corrected chi connectivity index (χ1v) is 9.09. The number of carbonyl (C=O) groups excluding carboxylic acids is 1. The normalized spacial score (nSPS) is 17.4. The number of hydrogen-bond acceptors (Lipinski definition) is 4. The van der Waals surface area contributed by atoms with Gasteiger partial charge >= 0.3 is 6.09 Å². The molecule has 1 aliphatic heterocycles. The molecule has 2 N–H and O–H groups in total. The lowest BCUT2D eigenvalue weighted by atomic mass is 9.78. The molecule has 0 radical (unpaired) electrons. The van der Waals surface area contributed by atoms with E-state index in [-0.39, 0.29) is 22.3 Å². The van der Waals surface area contributed by atoms with Crippen LogP contribution < -0.4 is 0 Å². The molecule has 1 aliphatic rings. The van der Waals surface area contributed by atoms with Crippen LogP contribution in [0.15, 0.2) is 17.2 Å². The zero-order valence-electron chi connectivity index (χ0n) is 15.5. The largest absolute Gasteiger partial charge is 0.507 e. The number of amides is 2. The first-order valence-electron chi connectivity index (χ1n) is 8.10. The van der Waals surface area contributed by atoms with Crippen LogP contribution in [-0.4, -0.2) is 32.9 Å². The molecule has 1 saturated heterocycles. The summed E-state index contributed by atoms with van der Waals surface area (Å²) in [6, 6.07) is 3.72. The van der Waals surface area contributed by atoms with Gasteiger partial charge in [0.2, 0.25) is 5.91 Å². The Morgan fingerprint density at radius 2 is 1.60 bits per heavy atom. The average Bonchev–Trinajstić information content (AvgIpc) is 2.79. The Kier molecular flexibility index (Phi) is 4.97. The lowest BCUT2D eigenvalue weighted by molar-refractivity contribution is -0.123. The van der Waals surface area contributed by atoms with Gasteiger partial charge in [0.05, 0.1) is 10.8 Å². The van der Waals surface area contributed by atoms with Gasteiger partial charge in [0.15, 0.2) is 0 Å². The lowest BCUT2D eigenvalue weighted by Gasteiger charge is -2.28. The molecule has 5 nitrogen and oxygen atoms in total. The molecule has 0 aromatic heterocycles. The van der Waals surface area contributed by atoms with Gasteiger partial charge in [-0.05, 0) is 34.6 Å². The van der Waals surface area contributed by atoms with Crippen molar-refractivity contribution >= 4 is 29.8 Å². The van der Waals surface area contributed by atoms with Crippen molar-refractivity contribution in [1.82, 2.24) is 4.90 Å². The fourth-order valence-corrected chi connectivity index (χ4v) is 3.65. The Morgan fingerprint density at radius 3 is 2.00 bits per heavy atom. The summed E-state index contributed by atoms with van der Waals surface area (Å²) in [6.45, 7) is 12.1. The average molecular weight is 363 g/mol. The van der Waals surface area contributed by atoms with Crippen molar-refractivity contribution < 1.29 is 19.8 Å². The number of carboxylic acid groups (broad SMARTS) is 1. The quantitative estimate of drug-likeness (QED) is 0.766. The summed E-state index contributed by atoms with van der Waals surface area (Å²) in [7, 11) is 0. The van der Waals surface area contributed by atoms with Crippen molar-refractivity contribution in [2.45, 2.75) is 52.4 Å². The van der Waals surface area contributed by atoms with Crippen LogP contribution in [0.4, 0.5) is 4.79 Å². The van der Waals surface area contributed by atoms with E-state index in [2.05, 4.69) is 0 Å². The Hall–Kier alpha value is -1.95. The molecule has 0 aliphatic carbocycles. The summed E-state index contributed by atoms with van der Waals surface area (Å²) >= 11 is 1.21. The van der Waals surface area contributed by atoms with Crippen LogP contribution in [0.3, 0.4) is 0 Å². The van der Waals surface area contributed by atoms with E-state index in [0.29, 0.717) is 5.03 Å². The summed E-state index contributed by atoms with van der Waals surface area (Å²) in [5.74, 6) is -0.0453. The fraction of sp³-hybridized carbons (Fsp3) is 0.474. The molecule has 136 valence electrons. The van der Waals surface area contributed by atoms with Crippen molar-refractivity contribution in [2.24, 2.45) is 0 Å². The third-order valence-electron chi connectivity index (χ3n) is 4.04. The van der Waals surface area contributed by atoms with E-state index in [1.165, 1.54) is 11.8 Å². The second kappa shape index (κ2) is 6.41. The Labute approximate surface area is 152 Å². The molecule has 1 heterocycles. The first kappa shape index (κ1) is 19.4. The zero-order valence-corrected chi connectivity index (χ0v) is 16.3. The third kappa shape index (κ3) is 4.00. The van der Waals surface area contributed by atoms with Crippen molar-refractivity contribution in [1.29, 1.82) is 0 Å². The molecule has 2 amide bonds. The predicted octanol–water partition coefficient (Wildman–Crippen LogP) is 4.54. The maximum atomic E-state index is 11.8. The van der Waals surface area contributed by atoms with Gasteiger partial charge in [-0.3, -0.25) is 4.79 Å². The molecular formula is C19H25NO4S. The number of rotatable bonds is 1. The van der Waals surface area contributed by atoms with Gasteiger partial charge in [0, 0.05) is 11.1 Å². The van der Waals surface area contributed by atoms with E-state index in [1.807, 2.05) is 53.7 Å². The van der Waals surface area contributed by atoms with Gasteiger partial charge in [0.1, 0.15) is 5.75 Å². The molecule has 0 unspecified atom stereocenters. The standard InChI is InChI=1S/C19H25NO4S/c1-18(2,3)12-7-11(8-13(16(12)22)19(4,5)6)9-15-20(17(23)24)14(21)10-25-15/h7-9,22H,10H2,1-6H3,(H,23,24). The van der Waals surface area contributed by atoms with E-state index in [4.69, 9.17) is 0 Å². The maximum Gasteiger partial charge on any atom is 0.419 e. The van der Waals surface area contributed by atoms with E-state index >= 15 is 0 Å². The minimum absolute atomic E-state index is 0.120. The molecule has 1 fully saturated rings. The van der Waals surface area contributed by atoms with Gasteiger partial charge in [-0.25, -0.2) is 9.69 Å². The van der Waals surface area contributed by atoms with Gasteiger partial charge < -0.3 is 10.2 Å². The molecule has 6 heteroatoms. The number of phenols is 1. The second-order valence-corrected chi connectivity index (χ2v) is 9.24. The zero-order chi connectivity index (χ0) is 19.2. The summed E-state index contributed by atoms with van der Waals surface area (Å²) in [6.07, 6.45) is 0.431. The Bertz CT molecular complexity index is 719. The lowest BCUT2D eigenvalue weighted by Crippen LogP contribution is -2.29. The van der Waals surface area contributed by atoms with Gasteiger partial charge in [-0.15, -0.1) is 0 Å². The highest BCUT2D eigenvalue weighted by Gasteiger charge is 2.32. The third-order valence-corrected chi connectivity index (χ3v) is 5.03. The summed E-state index contributed by atoms with van der Waals surface area (Å²) in [4.78, 5) is 23.9. The van der Waals surface area contributed by atoms with E-state index < -0.39 is 12.0 Å². The number of imide groups is 1. The van der Waals surface area contributed by atoms with Crippen LogP contribution in [0.25, 0.3) is 6.08 Å². The molecule has 1 aromatic rings. The summed E-state index contributed by atoms with van der Waals surface area (Å²) < 4.78 is 0. The number of benzene rings is 1. The molecule has 25 heavy (non-hydrogen) atoms.